The number of non-ortho nitro benzene ring substituents is 1. The molecule has 2 heterocycles. The first-order valence-corrected chi connectivity index (χ1v) is 10.2. The Bertz CT molecular complexity index is 853. The normalized spacial score (nSPS) is 24.2. The second-order valence-corrected chi connectivity index (χ2v) is 8.18. The fourth-order valence-electron chi connectivity index (χ4n) is 3.79. The molecule has 1 amide bonds. The van der Waals surface area contributed by atoms with E-state index < -0.39 is 22.9 Å². The van der Waals surface area contributed by atoms with Gasteiger partial charge in [-0.15, -0.1) is 11.8 Å². The lowest BCUT2D eigenvalue weighted by Gasteiger charge is -2.46. The van der Waals surface area contributed by atoms with Gasteiger partial charge < -0.3 is 19.8 Å². The van der Waals surface area contributed by atoms with Crippen LogP contribution < -0.4 is 0 Å². The molecule has 0 spiro atoms. The van der Waals surface area contributed by atoms with Crippen LogP contribution in [0.4, 0.5) is 5.69 Å². The molecule has 1 saturated heterocycles. The molecule has 0 bridgehead atoms. The van der Waals surface area contributed by atoms with Crippen LogP contribution in [0.25, 0.3) is 0 Å². The van der Waals surface area contributed by atoms with Gasteiger partial charge in [-0.05, 0) is 24.6 Å². The van der Waals surface area contributed by atoms with Crippen LogP contribution in [0.2, 0.25) is 0 Å². The Morgan fingerprint density at radius 2 is 2.03 bits per heavy atom. The van der Waals surface area contributed by atoms with Crippen molar-refractivity contribution in [1.82, 2.24) is 4.90 Å². The van der Waals surface area contributed by atoms with Gasteiger partial charge >= 0.3 is 5.97 Å². The zero-order valence-corrected chi connectivity index (χ0v) is 16.8. The number of esters is 1. The molecule has 1 aromatic rings. The Kier molecular flexibility index (Phi) is 6.25. The number of nitro groups is 1. The van der Waals surface area contributed by atoms with E-state index in [1.54, 1.807) is 6.92 Å². The summed E-state index contributed by atoms with van der Waals surface area (Å²) < 4.78 is 5.37. The summed E-state index contributed by atoms with van der Waals surface area (Å²) in [5, 5.41) is 29.8. The van der Waals surface area contributed by atoms with Gasteiger partial charge in [-0.2, -0.15) is 0 Å². The van der Waals surface area contributed by atoms with Crippen molar-refractivity contribution in [2.24, 2.45) is 11.8 Å². The summed E-state index contributed by atoms with van der Waals surface area (Å²) in [6.45, 7) is 3.26. The van der Waals surface area contributed by atoms with Crippen molar-refractivity contribution in [3.63, 3.8) is 0 Å². The number of benzene rings is 1. The van der Waals surface area contributed by atoms with E-state index in [4.69, 9.17) is 9.84 Å². The van der Waals surface area contributed by atoms with Gasteiger partial charge in [-0.1, -0.05) is 6.92 Å². The molecule has 10 heteroatoms. The third-order valence-corrected chi connectivity index (χ3v) is 6.43. The van der Waals surface area contributed by atoms with Gasteiger partial charge in [0.2, 0.25) is 5.91 Å². The molecule has 4 atom stereocenters. The third-order valence-electron chi connectivity index (χ3n) is 5.17. The number of hydrogen-bond acceptors (Lipinski definition) is 8. The highest BCUT2D eigenvalue weighted by Gasteiger charge is 2.60. The van der Waals surface area contributed by atoms with Crippen LogP contribution in [-0.2, 0) is 20.9 Å². The maximum atomic E-state index is 12.8. The second-order valence-electron chi connectivity index (χ2n) is 7.04. The highest BCUT2D eigenvalue weighted by Crippen LogP contribution is 2.50. The molecule has 156 valence electrons. The predicted molar refractivity (Wildman–Crippen MR) is 104 cm³/mol. The van der Waals surface area contributed by atoms with Crippen molar-refractivity contribution in [1.29, 1.82) is 0 Å². The Balaban J connectivity index is 1.77. The van der Waals surface area contributed by atoms with Crippen LogP contribution in [-0.4, -0.2) is 56.4 Å². The average molecular weight is 422 g/mol. The number of amides is 1. The van der Waals surface area contributed by atoms with Crippen molar-refractivity contribution in [2.75, 3.05) is 12.4 Å². The molecule has 0 aliphatic carbocycles. The van der Waals surface area contributed by atoms with Crippen LogP contribution in [0.5, 0.6) is 0 Å². The zero-order chi connectivity index (χ0) is 21.3. The Labute approximate surface area is 171 Å². The monoisotopic (exact) mass is 422 g/mol. The number of nitro benzene ring substituents is 1. The molecule has 3 unspecified atom stereocenters. The van der Waals surface area contributed by atoms with Crippen LogP contribution in [0.3, 0.4) is 0 Å². The minimum atomic E-state index is -0.828. The van der Waals surface area contributed by atoms with Crippen LogP contribution >= 0.6 is 11.8 Å². The van der Waals surface area contributed by atoms with Crippen molar-refractivity contribution < 1.29 is 29.5 Å². The number of hydrogen-bond donors (Lipinski definition) is 2. The molecule has 1 fully saturated rings. The number of fused-ring (bicyclic) bond motifs is 1. The summed E-state index contributed by atoms with van der Waals surface area (Å²) in [7, 11) is 0. The Morgan fingerprint density at radius 3 is 2.59 bits per heavy atom. The Hall–Kier alpha value is -2.43. The molecule has 3 rings (SSSR count). The fourth-order valence-corrected chi connectivity index (χ4v) is 4.82. The Morgan fingerprint density at radius 1 is 1.38 bits per heavy atom. The zero-order valence-electron chi connectivity index (χ0n) is 16.0. The van der Waals surface area contributed by atoms with Gasteiger partial charge in [0.25, 0.3) is 5.69 Å². The summed E-state index contributed by atoms with van der Waals surface area (Å²) in [4.78, 5) is 37.6. The molecular weight excluding hydrogens is 400 g/mol. The van der Waals surface area contributed by atoms with Gasteiger partial charge in [0, 0.05) is 28.7 Å². The number of carbonyl (C=O) groups is 2. The maximum Gasteiger partial charge on any atom is 0.356 e. The highest BCUT2D eigenvalue weighted by atomic mass is 32.2. The summed E-state index contributed by atoms with van der Waals surface area (Å²) in [5.41, 5.74) is 0.673. The fraction of sp³-hybridized carbons (Fsp3) is 0.474. The van der Waals surface area contributed by atoms with Crippen molar-refractivity contribution in [2.45, 2.75) is 32.6 Å². The number of carbonyl (C=O) groups excluding carboxylic acids is 2. The number of β-lactam (4-membered cyclic amide) rings is 1. The standard InChI is InChI=1S/C19H22N2O7S/c1-10-15-14(11(2)23)18(24)20(15)16(17(10)29-8-7-22)19(25)28-9-12-3-5-13(6-4-12)21(26)27/h3-6,10-11,14-15,22-23H,7-9H2,1-2H3/t10?,11-,14?,15?/m1/s1. The molecular formula is C19H22N2O7S. The van der Waals surface area contributed by atoms with E-state index in [1.165, 1.54) is 40.9 Å². The molecule has 0 saturated carbocycles. The minimum absolute atomic E-state index is 0.0618. The van der Waals surface area contributed by atoms with Gasteiger partial charge in [-0.3, -0.25) is 14.9 Å². The summed E-state index contributed by atoms with van der Waals surface area (Å²) >= 11 is 1.30. The summed E-state index contributed by atoms with van der Waals surface area (Å²) in [5.74, 6) is -1.36. The van der Waals surface area contributed by atoms with Gasteiger partial charge in [0.05, 0.1) is 29.6 Å². The molecule has 2 aliphatic heterocycles. The van der Waals surface area contributed by atoms with E-state index in [2.05, 4.69) is 0 Å². The predicted octanol–water partition coefficient (Wildman–Crippen LogP) is 1.43. The van der Waals surface area contributed by atoms with E-state index >= 15 is 0 Å². The van der Waals surface area contributed by atoms with E-state index in [0.717, 1.165) is 0 Å². The molecule has 29 heavy (non-hydrogen) atoms. The first-order chi connectivity index (χ1) is 13.8. The van der Waals surface area contributed by atoms with E-state index in [1.807, 2.05) is 6.92 Å². The average Bonchev–Trinajstić information content (AvgIpc) is 2.92. The maximum absolute atomic E-state index is 12.8. The quantitative estimate of drug-likeness (QED) is 0.278. The largest absolute Gasteiger partial charge is 0.456 e. The molecule has 0 radical (unpaired) electrons. The van der Waals surface area contributed by atoms with E-state index in [9.17, 15) is 24.8 Å². The molecule has 0 aromatic heterocycles. The number of ether oxygens (including phenoxy) is 1. The summed E-state index contributed by atoms with van der Waals surface area (Å²) in [6.07, 6.45) is -0.828. The van der Waals surface area contributed by atoms with Crippen LogP contribution in [0, 0.1) is 22.0 Å². The SMILES string of the molecule is CC1C(SCCO)=C(C(=O)OCc2ccc([N+](=O)[O-])cc2)N2C(=O)C([C@@H](C)O)C12. The molecule has 2 aliphatic rings. The van der Waals surface area contributed by atoms with Gasteiger partial charge in [-0.25, -0.2) is 4.79 Å². The third kappa shape index (κ3) is 3.87. The lowest BCUT2D eigenvalue weighted by Crippen LogP contribution is -2.63. The van der Waals surface area contributed by atoms with E-state index in [-0.39, 0.29) is 42.5 Å². The molecule has 1 aromatic carbocycles. The van der Waals surface area contributed by atoms with Crippen LogP contribution in [0.15, 0.2) is 34.9 Å². The first kappa shape index (κ1) is 21.3. The van der Waals surface area contributed by atoms with Gasteiger partial charge in [0.15, 0.2) is 0 Å². The lowest BCUT2D eigenvalue weighted by molar-refractivity contribution is -0.384. The number of aliphatic hydroxyl groups excluding tert-OH is 2. The summed E-state index contributed by atoms with van der Waals surface area (Å²) in [6, 6.07) is 5.33. The highest BCUT2D eigenvalue weighted by molar-refractivity contribution is 8.03. The van der Waals surface area contributed by atoms with Crippen LogP contribution in [0.1, 0.15) is 19.4 Å². The topological polar surface area (TPSA) is 130 Å². The number of nitrogens with zero attached hydrogens (tertiary/aromatic N) is 2. The molecule has 2 N–H and O–H groups in total. The lowest BCUT2D eigenvalue weighted by atomic mass is 9.79. The number of aliphatic hydroxyl groups is 2. The minimum Gasteiger partial charge on any atom is -0.456 e. The second kappa shape index (κ2) is 8.52. The number of rotatable bonds is 8. The van der Waals surface area contributed by atoms with E-state index in [0.29, 0.717) is 16.2 Å². The van der Waals surface area contributed by atoms with Crippen molar-refractivity contribution in [3.05, 3.63) is 50.5 Å². The molecule has 9 nitrogen and oxygen atoms in total. The first-order valence-electron chi connectivity index (χ1n) is 9.17. The van der Waals surface area contributed by atoms with Crippen molar-refractivity contribution >= 4 is 29.3 Å². The van der Waals surface area contributed by atoms with Crippen molar-refractivity contribution in [3.8, 4) is 0 Å². The number of thioether (sulfide) groups is 1. The van der Waals surface area contributed by atoms with Gasteiger partial charge in [0.1, 0.15) is 12.3 Å². The smallest absolute Gasteiger partial charge is 0.356 e.